The predicted octanol–water partition coefficient (Wildman–Crippen LogP) is 2.55. The van der Waals surface area contributed by atoms with Gasteiger partial charge < -0.3 is 5.11 Å². The molecule has 0 radical (unpaired) electrons. The van der Waals surface area contributed by atoms with Gasteiger partial charge >= 0.3 is 0 Å². The van der Waals surface area contributed by atoms with E-state index in [0.717, 1.165) is 12.2 Å². The third kappa shape index (κ3) is 1.89. The van der Waals surface area contributed by atoms with Crippen LogP contribution in [-0.2, 0) is 0 Å². The van der Waals surface area contributed by atoms with Crippen molar-refractivity contribution >= 4 is 31.9 Å². The van der Waals surface area contributed by atoms with Crippen molar-refractivity contribution < 1.29 is 13.9 Å². The summed E-state index contributed by atoms with van der Waals surface area (Å²) in [5, 5.41) is 9.27. The van der Waals surface area contributed by atoms with Gasteiger partial charge in [-0.25, -0.2) is 8.78 Å². The monoisotopic (exact) mass is 288 g/mol. The highest BCUT2D eigenvalue weighted by Gasteiger charge is 2.34. The molecule has 2 unspecified atom stereocenters. The van der Waals surface area contributed by atoms with Crippen molar-refractivity contribution in [2.75, 3.05) is 0 Å². The van der Waals surface area contributed by atoms with Crippen LogP contribution in [0, 0.1) is 0 Å². The van der Waals surface area contributed by atoms with Gasteiger partial charge in [0.15, 0.2) is 16.2 Å². The molecule has 1 aliphatic rings. The molecule has 1 nitrogen and oxygen atoms in total. The normalized spacial score (nSPS) is 38.1. The molecule has 0 heterocycles. The Balaban J connectivity index is 2.98. The standard InChI is InChI=1S/C6H4Br2F2O/c7-5-1-3(9)4(10)2-6(5,8)11/h1-2,5,11H. The van der Waals surface area contributed by atoms with E-state index in [2.05, 4.69) is 31.9 Å². The average Bonchev–Trinajstić information content (AvgIpc) is 1.83. The van der Waals surface area contributed by atoms with Gasteiger partial charge in [-0.15, -0.1) is 0 Å². The molecule has 0 saturated carbocycles. The molecule has 0 aromatic carbocycles. The van der Waals surface area contributed by atoms with E-state index in [9.17, 15) is 13.9 Å². The molecule has 0 aromatic rings. The maximum absolute atomic E-state index is 12.5. The summed E-state index contributed by atoms with van der Waals surface area (Å²) in [7, 11) is 0. The lowest BCUT2D eigenvalue weighted by molar-refractivity contribution is 0.198. The Labute approximate surface area is 79.0 Å². The minimum Gasteiger partial charge on any atom is -0.374 e. The van der Waals surface area contributed by atoms with E-state index in [1.807, 2.05) is 0 Å². The van der Waals surface area contributed by atoms with Gasteiger partial charge in [0.1, 0.15) is 0 Å². The first-order chi connectivity index (χ1) is 4.93. The van der Waals surface area contributed by atoms with Crippen LogP contribution in [0.5, 0.6) is 0 Å². The Morgan fingerprint density at radius 3 is 2.45 bits per heavy atom. The molecule has 0 saturated heterocycles. The summed E-state index contributed by atoms with van der Waals surface area (Å²) in [5.41, 5.74) is 0. The number of allylic oxidation sites excluding steroid dienone is 2. The third-order valence-corrected chi connectivity index (χ3v) is 3.54. The van der Waals surface area contributed by atoms with Gasteiger partial charge in [-0.2, -0.15) is 0 Å². The van der Waals surface area contributed by atoms with Crippen molar-refractivity contribution in [3.8, 4) is 0 Å². The molecule has 1 aliphatic carbocycles. The smallest absolute Gasteiger partial charge is 0.158 e. The summed E-state index contributed by atoms with van der Waals surface area (Å²) in [6.45, 7) is 0. The number of aliphatic hydroxyl groups is 1. The lowest BCUT2D eigenvalue weighted by atomic mass is 10.1. The molecular formula is C6H4Br2F2O. The molecule has 0 fully saturated rings. The summed E-state index contributed by atoms with van der Waals surface area (Å²) in [5.74, 6) is -2.02. The van der Waals surface area contributed by atoms with Gasteiger partial charge in [0, 0.05) is 0 Å². The van der Waals surface area contributed by atoms with Crippen LogP contribution in [0.3, 0.4) is 0 Å². The summed E-state index contributed by atoms with van der Waals surface area (Å²) in [6.07, 6.45) is 1.71. The fourth-order valence-corrected chi connectivity index (χ4v) is 1.35. The quantitative estimate of drug-likeness (QED) is 0.680. The summed E-state index contributed by atoms with van der Waals surface area (Å²) < 4.78 is 23.3. The van der Waals surface area contributed by atoms with Crippen LogP contribution >= 0.6 is 31.9 Å². The van der Waals surface area contributed by atoms with Gasteiger partial charge in [0.25, 0.3) is 0 Å². The SMILES string of the molecule is OC1(Br)C=C(F)C(F)=CC1Br. The van der Waals surface area contributed by atoms with Crippen LogP contribution in [-0.4, -0.2) is 14.4 Å². The molecule has 1 rings (SSSR count). The zero-order valence-electron chi connectivity index (χ0n) is 5.19. The van der Waals surface area contributed by atoms with Crippen molar-refractivity contribution in [3.05, 3.63) is 23.8 Å². The van der Waals surface area contributed by atoms with Crippen molar-refractivity contribution in [2.24, 2.45) is 0 Å². The summed E-state index contributed by atoms with van der Waals surface area (Å²) in [4.78, 5) is -0.658. The molecular weight excluding hydrogens is 286 g/mol. The molecule has 0 bridgehead atoms. The first-order valence-electron chi connectivity index (χ1n) is 2.75. The third-order valence-electron chi connectivity index (χ3n) is 1.24. The highest BCUT2D eigenvalue weighted by Crippen LogP contribution is 2.36. The Morgan fingerprint density at radius 2 is 2.00 bits per heavy atom. The average molecular weight is 290 g/mol. The van der Waals surface area contributed by atoms with Crippen molar-refractivity contribution in [2.45, 2.75) is 9.34 Å². The Bertz CT molecular complexity index is 235. The number of halogens is 4. The second-order valence-corrected chi connectivity index (χ2v) is 4.39. The molecule has 0 aromatic heterocycles. The van der Waals surface area contributed by atoms with Crippen LogP contribution in [0.15, 0.2) is 23.8 Å². The zero-order chi connectivity index (χ0) is 8.65. The second kappa shape index (κ2) is 2.95. The van der Waals surface area contributed by atoms with E-state index in [4.69, 9.17) is 0 Å². The van der Waals surface area contributed by atoms with Gasteiger partial charge in [-0.3, -0.25) is 0 Å². The summed E-state index contributed by atoms with van der Waals surface area (Å²) >= 11 is 5.76. The number of alkyl halides is 2. The fraction of sp³-hybridized carbons (Fsp3) is 0.333. The van der Waals surface area contributed by atoms with E-state index in [0.29, 0.717) is 0 Å². The van der Waals surface area contributed by atoms with Crippen molar-refractivity contribution in [1.82, 2.24) is 0 Å². The highest BCUT2D eigenvalue weighted by molar-refractivity contribution is 9.12. The number of hydrogen-bond acceptors (Lipinski definition) is 1. The Morgan fingerprint density at radius 1 is 1.45 bits per heavy atom. The molecule has 0 aliphatic heterocycles. The molecule has 5 heteroatoms. The van der Waals surface area contributed by atoms with Crippen LogP contribution in [0.25, 0.3) is 0 Å². The lowest BCUT2D eigenvalue weighted by Crippen LogP contribution is -2.30. The van der Waals surface area contributed by atoms with E-state index in [1.54, 1.807) is 0 Å². The highest BCUT2D eigenvalue weighted by atomic mass is 79.9. The first-order valence-corrected chi connectivity index (χ1v) is 4.46. The van der Waals surface area contributed by atoms with E-state index >= 15 is 0 Å². The van der Waals surface area contributed by atoms with Crippen LogP contribution in [0.1, 0.15) is 0 Å². The maximum Gasteiger partial charge on any atom is 0.158 e. The second-order valence-electron chi connectivity index (χ2n) is 2.14. The first kappa shape index (κ1) is 9.35. The Hall–Kier alpha value is 0.260. The van der Waals surface area contributed by atoms with E-state index in [-0.39, 0.29) is 0 Å². The Kier molecular flexibility index (Phi) is 2.51. The number of hydrogen-bond donors (Lipinski definition) is 1. The lowest BCUT2D eigenvalue weighted by Gasteiger charge is -2.23. The van der Waals surface area contributed by atoms with Crippen molar-refractivity contribution in [3.63, 3.8) is 0 Å². The van der Waals surface area contributed by atoms with Gasteiger partial charge in [0.2, 0.25) is 0 Å². The van der Waals surface area contributed by atoms with E-state index in [1.165, 1.54) is 0 Å². The molecule has 62 valence electrons. The van der Waals surface area contributed by atoms with Crippen LogP contribution in [0.4, 0.5) is 8.78 Å². The van der Waals surface area contributed by atoms with E-state index < -0.39 is 21.0 Å². The maximum atomic E-state index is 12.5. The molecule has 1 N–H and O–H groups in total. The predicted molar refractivity (Wildman–Crippen MR) is 45.0 cm³/mol. The van der Waals surface area contributed by atoms with Crippen molar-refractivity contribution in [1.29, 1.82) is 0 Å². The van der Waals surface area contributed by atoms with Gasteiger partial charge in [-0.1, -0.05) is 15.9 Å². The molecule has 0 spiro atoms. The van der Waals surface area contributed by atoms with Crippen LogP contribution < -0.4 is 0 Å². The fourth-order valence-electron chi connectivity index (χ4n) is 0.651. The molecule has 0 amide bonds. The number of rotatable bonds is 0. The van der Waals surface area contributed by atoms with Gasteiger partial charge in [-0.05, 0) is 28.1 Å². The minimum absolute atomic E-state index is 0.658. The summed E-state index contributed by atoms with van der Waals surface area (Å²) in [6, 6.07) is 0. The zero-order valence-corrected chi connectivity index (χ0v) is 8.36. The largest absolute Gasteiger partial charge is 0.374 e. The molecule has 2 atom stereocenters. The minimum atomic E-state index is -1.54. The topological polar surface area (TPSA) is 20.2 Å². The van der Waals surface area contributed by atoms with Crippen LogP contribution in [0.2, 0.25) is 0 Å². The van der Waals surface area contributed by atoms with Gasteiger partial charge in [0.05, 0.1) is 4.83 Å². The molecule has 11 heavy (non-hydrogen) atoms.